The molecule has 1 unspecified atom stereocenters. The average Bonchev–Trinajstić information content (AvgIpc) is 2.31. The van der Waals surface area contributed by atoms with Crippen LogP contribution in [0.25, 0.3) is 0 Å². The number of hydrogen-bond acceptors (Lipinski definition) is 3. The molecule has 1 atom stereocenters. The molecule has 0 aromatic rings. The van der Waals surface area contributed by atoms with Gasteiger partial charge in [-0.15, -0.1) is 6.42 Å². The van der Waals surface area contributed by atoms with Gasteiger partial charge >= 0.3 is 0 Å². The molecule has 5 heteroatoms. The maximum absolute atomic E-state index is 11.8. The summed E-state index contributed by atoms with van der Waals surface area (Å²) >= 11 is 2.68. The second kappa shape index (κ2) is 3.18. The maximum atomic E-state index is 11.8. The zero-order valence-corrected chi connectivity index (χ0v) is 8.80. The van der Waals surface area contributed by atoms with E-state index in [-0.39, 0.29) is 0 Å². The first-order valence-electron chi connectivity index (χ1n) is 2.89. The third-order valence-corrected chi connectivity index (χ3v) is 9.48. The van der Waals surface area contributed by atoms with Crippen molar-refractivity contribution in [2.45, 2.75) is 0 Å². The maximum Gasteiger partial charge on any atom is 0.284 e. The molecule has 60 valence electrons. The third kappa shape index (κ3) is 1.46. The summed E-state index contributed by atoms with van der Waals surface area (Å²) in [5.41, 5.74) is -1.57. The van der Waals surface area contributed by atoms with Crippen LogP contribution in [-0.2, 0) is 4.57 Å². The van der Waals surface area contributed by atoms with E-state index in [1.807, 2.05) is 6.26 Å². The van der Waals surface area contributed by atoms with Crippen LogP contribution in [0.1, 0.15) is 0 Å². The molecule has 0 saturated heterocycles. The van der Waals surface area contributed by atoms with Crippen LogP contribution < -0.4 is 0 Å². The zero-order chi connectivity index (χ0) is 8.48. The molecule has 0 radical (unpaired) electrons. The molecular formula is C6H8NOPS2. The largest absolute Gasteiger partial charge is 0.302 e. The van der Waals surface area contributed by atoms with Crippen molar-refractivity contribution in [1.29, 1.82) is 0 Å². The Bertz CT molecular complexity index is 281. The lowest BCUT2D eigenvalue weighted by Gasteiger charge is -2.19. The van der Waals surface area contributed by atoms with Gasteiger partial charge in [0.05, 0.1) is 0 Å². The van der Waals surface area contributed by atoms with Crippen molar-refractivity contribution in [3.8, 4) is 12.3 Å². The molecule has 0 aromatic heterocycles. The van der Waals surface area contributed by atoms with Crippen LogP contribution in [0.5, 0.6) is 0 Å². The summed E-state index contributed by atoms with van der Waals surface area (Å²) in [6.45, 7) is 0. The minimum atomic E-state index is -2.28. The van der Waals surface area contributed by atoms with Crippen molar-refractivity contribution in [2.24, 2.45) is 0 Å². The smallest absolute Gasteiger partial charge is 0.284 e. The van der Waals surface area contributed by atoms with Gasteiger partial charge in [-0.25, -0.2) is 0 Å². The van der Waals surface area contributed by atoms with E-state index in [2.05, 4.69) is 5.92 Å². The Morgan fingerprint density at radius 2 is 2.55 bits per heavy atom. The number of terminal acetylenes is 1. The van der Waals surface area contributed by atoms with Gasteiger partial charge in [0.2, 0.25) is 0 Å². The van der Waals surface area contributed by atoms with Crippen molar-refractivity contribution in [1.82, 2.24) is 4.67 Å². The van der Waals surface area contributed by atoms with Crippen molar-refractivity contribution in [3.05, 3.63) is 11.1 Å². The van der Waals surface area contributed by atoms with Crippen LogP contribution in [-0.4, -0.2) is 18.0 Å². The zero-order valence-electron chi connectivity index (χ0n) is 6.27. The molecule has 0 fully saturated rings. The molecule has 2 nitrogen and oxygen atoms in total. The fourth-order valence-corrected chi connectivity index (χ4v) is 5.88. The first-order chi connectivity index (χ1) is 5.14. The van der Waals surface area contributed by atoms with Gasteiger partial charge < -0.3 is 4.67 Å². The standard InChI is InChI=1S/C6H8NOPS2/c1-4-6-5-11-9(8,10-3)7(6)2/h1,5H,2-3H3. The summed E-state index contributed by atoms with van der Waals surface area (Å²) in [6.07, 6.45) is 7.03. The molecule has 1 aliphatic heterocycles. The molecule has 0 bridgehead atoms. The lowest BCUT2D eigenvalue weighted by molar-refractivity contribution is 0.555. The molecule has 1 aliphatic rings. The van der Waals surface area contributed by atoms with E-state index in [1.54, 1.807) is 17.1 Å². The van der Waals surface area contributed by atoms with Crippen molar-refractivity contribution >= 4 is 28.5 Å². The van der Waals surface area contributed by atoms with Gasteiger partial charge in [-0.05, 0) is 17.6 Å². The SMILES string of the molecule is C#CC1=CSP(=O)(SC)N1C. The minimum Gasteiger partial charge on any atom is -0.302 e. The highest BCUT2D eigenvalue weighted by molar-refractivity contribution is 8.90. The Morgan fingerprint density at radius 3 is 2.82 bits per heavy atom. The molecule has 1 rings (SSSR count). The second-order valence-electron chi connectivity index (χ2n) is 1.93. The average molecular weight is 205 g/mol. The Balaban J connectivity index is 2.89. The van der Waals surface area contributed by atoms with Crippen LogP contribution in [0, 0.1) is 12.3 Å². The minimum absolute atomic E-state index is 0.715. The highest BCUT2D eigenvalue weighted by atomic mass is 33.1. The molecular weight excluding hydrogens is 197 g/mol. The predicted molar refractivity (Wildman–Crippen MR) is 53.4 cm³/mol. The van der Waals surface area contributed by atoms with E-state index >= 15 is 0 Å². The lowest BCUT2D eigenvalue weighted by Crippen LogP contribution is -2.04. The summed E-state index contributed by atoms with van der Waals surface area (Å²) in [5, 5.41) is 1.78. The first kappa shape index (κ1) is 9.12. The van der Waals surface area contributed by atoms with Crippen LogP contribution in [0.2, 0.25) is 0 Å². The Labute approximate surface area is 74.7 Å². The monoisotopic (exact) mass is 205 g/mol. The Hall–Kier alpha value is 0.0300. The van der Waals surface area contributed by atoms with Crippen LogP contribution in [0.15, 0.2) is 11.1 Å². The normalized spacial score (nSPS) is 29.9. The van der Waals surface area contributed by atoms with Crippen molar-refractivity contribution in [2.75, 3.05) is 13.3 Å². The molecule has 0 saturated carbocycles. The summed E-state index contributed by atoms with van der Waals surface area (Å²) in [7, 11) is 1.77. The Kier molecular flexibility index (Phi) is 2.64. The molecule has 0 N–H and O–H groups in total. The van der Waals surface area contributed by atoms with Gasteiger partial charge in [-0.1, -0.05) is 17.3 Å². The summed E-state index contributed by atoms with van der Waals surface area (Å²) in [4.78, 5) is 0. The van der Waals surface area contributed by atoms with Crippen molar-refractivity contribution in [3.63, 3.8) is 0 Å². The quantitative estimate of drug-likeness (QED) is 0.484. The van der Waals surface area contributed by atoms with E-state index < -0.39 is 5.70 Å². The number of hydrogen-bond donors (Lipinski definition) is 0. The van der Waals surface area contributed by atoms with Crippen LogP contribution in [0.3, 0.4) is 0 Å². The number of nitrogens with zero attached hydrogens (tertiary/aromatic N) is 1. The fraction of sp³-hybridized carbons (Fsp3) is 0.333. The lowest BCUT2D eigenvalue weighted by atomic mass is 10.5. The molecule has 0 aromatic carbocycles. The molecule has 1 heterocycles. The number of allylic oxidation sites excluding steroid dienone is 1. The third-order valence-electron chi connectivity index (χ3n) is 1.39. The van der Waals surface area contributed by atoms with Gasteiger partial charge in [-0.3, -0.25) is 4.57 Å². The van der Waals surface area contributed by atoms with E-state index in [1.165, 1.54) is 22.8 Å². The Morgan fingerprint density at radius 1 is 1.91 bits per heavy atom. The van der Waals surface area contributed by atoms with E-state index in [9.17, 15) is 4.57 Å². The van der Waals surface area contributed by atoms with Gasteiger partial charge in [0.1, 0.15) is 5.70 Å². The van der Waals surface area contributed by atoms with Crippen molar-refractivity contribution < 1.29 is 4.57 Å². The molecule has 0 aliphatic carbocycles. The van der Waals surface area contributed by atoms with E-state index in [0.717, 1.165) is 0 Å². The topological polar surface area (TPSA) is 20.3 Å². The summed E-state index contributed by atoms with van der Waals surface area (Å²) in [6, 6.07) is 0. The van der Waals surface area contributed by atoms with Gasteiger partial charge in [0, 0.05) is 12.5 Å². The van der Waals surface area contributed by atoms with Gasteiger partial charge in [0.25, 0.3) is 5.70 Å². The first-order valence-corrected chi connectivity index (χ1v) is 7.86. The van der Waals surface area contributed by atoms with Gasteiger partial charge in [-0.2, -0.15) is 0 Å². The summed E-state index contributed by atoms with van der Waals surface area (Å²) in [5.74, 6) is 2.48. The molecule has 0 amide bonds. The molecule has 0 spiro atoms. The second-order valence-corrected chi connectivity index (χ2v) is 9.67. The van der Waals surface area contributed by atoms with Crippen LogP contribution >= 0.6 is 28.5 Å². The summed E-state index contributed by atoms with van der Waals surface area (Å²) < 4.78 is 13.5. The van der Waals surface area contributed by atoms with Gasteiger partial charge in [0.15, 0.2) is 0 Å². The number of rotatable bonds is 1. The fourth-order valence-electron chi connectivity index (χ4n) is 0.688. The molecule has 11 heavy (non-hydrogen) atoms. The predicted octanol–water partition coefficient (Wildman–Crippen LogP) is 2.61. The highest BCUT2D eigenvalue weighted by Gasteiger charge is 2.33. The van der Waals surface area contributed by atoms with Crippen LogP contribution in [0.4, 0.5) is 0 Å². The van der Waals surface area contributed by atoms with E-state index in [4.69, 9.17) is 6.42 Å². The van der Waals surface area contributed by atoms with E-state index in [0.29, 0.717) is 5.70 Å². The highest BCUT2D eigenvalue weighted by Crippen LogP contribution is 2.74.